The van der Waals surface area contributed by atoms with Crippen LogP contribution in [0.5, 0.6) is 0 Å². The van der Waals surface area contributed by atoms with Crippen LogP contribution in [0.3, 0.4) is 0 Å². The lowest BCUT2D eigenvalue weighted by atomic mass is 9.96. The van der Waals surface area contributed by atoms with E-state index in [0.717, 1.165) is 19.4 Å². The molecule has 0 N–H and O–H groups in total. The molecule has 2 saturated heterocycles. The SMILES string of the molecule is COC(=O)C1CCN(C(=O)CC2CCCO2)CC1. The van der Waals surface area contributed by atoms with E-state index in [0.29, 0.717) is 32.4 Å². The smallest absolute Gasteiger partial charge is 0.308 e. The van der Waals surface area contributed by atoms with Crippen LogP contribution in [0.25, 0.3) is 0 Å². The van der Waals surface area contributed by atoms with Gasteiger partial charge < -0.3 is 14.4 Å². The molecule has 0 aliphatic carbocycles. The second-order valence-electron chi connectivity index (χ2n) is 5.02. The fraction of sp³-hybridized carbons (Fsp3) is 0.846. The summed E-state index contributed by atoms with van der Waals surface area (Å²) in [7, 11) is 1.41. The van der Waals surface area contributed by atoms with Crippen LogP contribution in [-0.2, 0) is 19.1 Å². The number of hydrogen-bond donors (Lipinski definition) is 0. The van der Waals surface area contributed by atoms with Crippen LogP contribution in [0.15, 0.2) is 0 Å². The van der Waals surface area contributed by atoms with Crippen molar-refractivity contribution in [1.82, 2.24) is 4.90 Å². The molecular formula is C13H21NO4. The number of hydrogen-bond acceptors (Lipinski definition) is 4. The van der Waals surface area contributed by atoms with Gasteiger partial charge in [-0.3, -0.25) is 9.59 Å². The van der Waals surface area contributed by atoms with Crippen LogP contribution >= 0.6 is 0 Å². The summed E-state index contributed by atoms with van der Waals surface area (Å²) in [5.41, 5.74) is 0. The molecule has 2 fully saturated rings. The highest BCUT2D eigenvalue weighted by Gasteiger charge is 2.29. The molecule has 1 unspecified atom stereocenters. The monoisotopic (exact) mass is 255 g/mol. The Bertz CT molecular complexity index is 304. The van der Waals surface area contributed by atoms with Gasteiger partial charge in [-0.2, -0.15) is 0 Å². The number of piperidine rings is 1. The summed E-state index contributed by atoms with van der Waals surface area (Å²) < 4.78 is 10.2. The first-order chi connectivity index (χ1) is 8.70. The summed E-state index contributed by atoms with van der Waals surface area (Å²) in [5, 5.41) is 0. The van der Waals surface area contributed by atoms with E-state index in [1.807, 2.05) is 4.90 Å². The average molecular weight is 255 g/mol. The van der Waals surface area contributed by atoms with Gasteiger partial charge in [0.15, 0.2) is 0 Å². The van der Waals surface area contributed by atoms with E-state index in [9.17, 15) is 9.59 Å². The van der Waals surface area contributed by atoms with Gasteiger partial charge in [-0.05, 0) is 25.7 Å². The van der Waals surface area contributed by atoms with Crippen LogP contribution in [0, 0.1) is 5.92 Å². The Kier molecular flexibility index (Phi) is 4.58. The topological polar surface area (TPSA) is 55.8 Å². The van der Waals surface area contributed by atoms with Crippen LogP contribution in [0.1, 0.15) is 32.1 Å². The molecular weight excluding hydrogens is 234 g/mol. The lowest BCUT2D eigenvalue weighted by molar-refractivity contribution is -0.149. The van der Waals surface area contributed by atoms with Crippen molar-refractivity contribution in [2.24, 2.45) is 5.92 Å². The quantitative estimate of drug-likeness (QED) is 0.705. The van der Waals surface area contributed by atoms with Crippen molar-refractivity contribution in [1.29, 1.82) is 0 Å². The molecule has 0 aromatic heterocycles. The van der Waals surface area contributed by atoms with E-state index in [1.165, 1.54) is 7.11 Å². The third kappa shape index (κ3) is 3.22. The normalized spacial score (nSPS) is 25.2. The largest absolute Gasteiger partial charge is 0.469 e. The maximum atomic E-state index is 12.0. The molecule has 0 bridgehead atoms. The third-order valence-electron chi connectivity index (χ3n) is 3.81. The van der Waals surface area contributed by atoms with E-state index >= 15 is 0 Å². The number of likely N-dealkylation sites (tertiary alicyclic amines) is 1. The van der Waals surface area contributed by atoms with Gasteiger partial charge in [0.05, 0.1) is 25.6 Å². The molecule has 2 heterocycles. The Hall–Kier alpha value is -1.10. The van der Waals surface area contributed by atoms with Crippen molar-refractivity contribution in [3.63, 3.8) is 0 Å². The van der Waals surface area contributed by atoms with Gasteiger partial charge in [0, 0.05) is 19.7 Å². The standard InChI is InChI=1S/C13H21NO4/c1-17-13(16)10-4-6-14(7-5-10)12(15)9-11-3-2-8-18-11/h10-11H,2-9H2,1H3. The first-order valence-corrected chi connectivity index (χ1v) is 6.68. The zero-order chi connectivity index (χ0) is 13.0. The maximum absolute atomic E-state index is 12.0. The van der Waals surface area contributed by atoms with Gasteiger partial charge in [0.25, 0.3) is 0 Å². The Morgan fingerprint density at radius 2 is 2.00 bits per heavy atom. The van der Waals surface area contributed by atoms with Crippen LogP contribution in [0.2, 0.25) is 0 Å². The Balaban J connectivity index is 1.74. The van der Waals surface area contributed by atoms with Crippen LogP contribution in [-0.4, -0.2) is 49.7 Å². The van der Waals surface area contributed by atoms with E-state index in [2.05, 4.69) is 0 Å². The average Bonchev–Trinajstić information content (AvgIpc) is 2.91. The number of amides is 1. The second-order valence-corrected chi connectivity index (χ2v) is 5.02. The zero-order valence-electron chi connectivity index (χ0n) is 10.9. The van der Waals surface area contributed by atoms with Crippen molar-refractivity contribution in [3.8, 4) is 0 Å². The number of methoxy groups -OCH3 is 1. The highest BCUT2D eigenvalue weighted by Crippen LogP contribution is 2.21. The number of ether oxygens (including phenoxy) is 2. The molecule has 2 aliphatic heterocycles. The van der Waals surface area contributed by atoms with Gasteiger partial charge in [-0.15, -0.1) is 0 Å². The lowest BCUT2D eigenvalue weighted by Crippen LogP contribution is -2.41. The van der Waals surface area contributed by atoms with Crippen molar-refractivity contribution in [3.05, 3.63) is 0 Å². The molecule has 5 heteroatoms. The van der Waals surface area contributed by atoms with Crippen LogP contribution in [0.4, 0.5) is 0 Å². The third-order valence-corrected chi connectivity index (χ3v) is 3.81. The molecule has 0 saturated carbocycles. The minimum absolute atomic E-state index is 0.0400. The predicted octanol–water partition coefficient (Wildman–Crippen LogP) is 0.967. The Labute approximate surface area is 107 Å². The van der Waals surface area contributed by atoms with Gasteiger partial charge in [0.1, 0.15) is 0 Å². The van der Waals surface area contributed by atoms with Crippen molar-refractivity contribution >= 4 is 11.9 Å². The number of carbonyl (C=O) groups is 2. The summed E-state index contributed by atoms with van der Waals surface area (Å²) in [4.78, 5) is 25.3. The zero-order valence-corrected chi connectivity index (χ0v) is 10.9. The van der Waals surface area contributed by atoms with Gasteiger partial charge in [-0.25, -0.2) is 0 Å². The van der Waals surface area contributed by atoms with E-state index in [4.69, 9.17) is 9.47 Å². The summed E-state index contributed by atoms with van der Waals surface area (Å²) in [6.45, 7) is 2.10. The molecule has 0 aromatic rings. The summed E-state index contributed by atoms with van der Waals surface area (Å²) in [6, 6.07) is 0. The number of rotatable bonds is 3. The second kappa shape index (κ2) is 6.18. The predicted molar refractivity (Wildman–Crippen MR) is 64.9 cm³/mol. The van der Waals surface area contributed by atoms with Gasteiger partial charge in [0.2, 0.25) is 5.91 Å². The summed E-state index contributed by atoms with van der Waals surface area (Å²) >= 11 is 0. The fourth-order valence-electron chi connectivity index (χ4n) is 2.66. The lowest BCUT2D eigenvalue weighted by Gasteiger charge is -2.31. The van der Waals surface area contributed by atoms with E-state index < -0.39 is 0 Å². The summed E-state index contributed by atoms with van der Waals surface area (Å²) in [6.07, 6.45) is 4.07. The van der Waals surface area contributed by atoms with Crippen molar-refractivity contribution < 1.29 is 19.1 Å². The molecule has 0 aromatic carbocycles. The highest BCUT2D eigenvalue weighted by atomic mass is 16.5. The molecule has 1 atom stereocenters. The number of esters is 1. The van der Waals surface area contributed by atoms with Gasteiger partial charge in [-0.1, -0.05) is 0 Å². The first-order valence-electron chi connectivity index (χ1n) is 6.68. The highest BCUT2D eigenvalue weighted by molar-refractivity contribution is 5.77. The molecule has 1 amide bonds. The van der Waals surface area contributed by atoms with E-state index in [-0.39, 0.29) is 23.9 Å². The minimum Gasteiger partial charge on any atom is -0.469 e. The summed E-state index contributed by atoms with van der Waals surface area (Å²) in [5.74, 6) is -0.0341. The van der Waals surface area contributed by atoms with E-state index in [1.54, 1.807) is 0 Å². The van der Waals surface area contributed by atoms with Crippen LogP contribution < -0.4 is 0 Å². The molecule has 102 valence electrons. The molecule has 18 heavy (non-hydrogen) atoms. The fourth-order valence-corrected chi connectivity index (χ4v) is 2.66. The molecule has 2 rings (SSSR count). The molecule has 2 aliphatic rings. The Morgan fingerprint density at radius 1 is 1.28 bits per heavy atom. The first kappa shape index (κ1) is 13.3. The molecule has 5 nitrogen and oxygen atoms in total. The van der Waals surface area contributed by atoms with Crippen molar-refractivity contribution in [2.45, 2.75) is 38.2 Å². The molecule has 0 radical (unpaired) electrons. The number of nitrogens with zero attached hydrogens (tertiary/aromatic N) is 1. The Morgan fingerprint density at radius 3 is 2.56 bits per heavy atom. The number of carbonyl (C=O) groups excluding carboxylic acids is 2. The van der Waals surface area contributed by atoms with Gasteiger partial charge >= 0.3 is 5.97 Å². The molecule has 0 spiro atoms. The van der Waals surface area contributed by atoms with Crippen molar-refractivity contribution in [2.75, 3.05) is 26.8 Å². The maximum Gasteiger partial charge on any atom is 0.308 e. The minimum atomic E-state index is -0.152.